The maximum absolute atomic E-state index is 12.5. The Kier molecular flexibility index (Phi) is 5.36. The van der Waals surface area contributed by atoms with Gasteiger partial charge in [0.2, 0.25) is 0 Å². The van der Waals surface area contributed by atoms with E-state index in [1.54, 1.807) is 12.1 Å². The Morgan fingerprint density at radius 3 is 2.48 bits per heavy atom. The van der Waals surface area contributed by atoms with Crippen LogP contribution in [0.2, 0.25) is 0 Å². The first-order valence-corrected chi connectivity index (χ1v) is 10.4. The quantitative estimate of drug-likeness (QED) is 0.762. The van der Waals surface area contributed by atoms with Crippen molar-refractivity contribution >= 4 is 15.6 Å². The van der Waals surface area contributed by atoms with Crippen molar-refractivity contribution in [1.29, 1.82) is 0 Å². The van der Waals surface area contributed by atoms with Gasteiger partial charge in [0.05, 0.1) is 9.73 Å². The second-order valence-electron chi connectivity index (χ2n) is 6.71. The lowest BCUT2D eigenvalue weighted by molar-refractivity contribution is -0.159. The predicted octanol–water partition coefficient (Wildman–Crippen LogP) is 3.72. The summed E-state index contributed by atoms with van der Waals surface area (Å²) in [6.07, 6.45) is 0.00443. The molecule has 146 valence electrons. The molecule has 0 N–H and O–H groups in total. The van der Waals surface area contributed by atoms with E-state index in [-0.39, 0.29) is 17.8 Å². The standard InChI is InChI=1S/C17H18F3N3O3S/c1-27(25,10-12-3-2-4-12)23-15(24)13-7-5-11(6-8-13)9-14-21-16(26-22-14)17(18,19)20/h5-8,12H,2-4,9-10H2,1H3. The average molecular weight is 401 g/mol. The summed E-state index contributed by atoms with van der Waals surface area (Å²) < 4.78 is 57.9. The number of carbonyl (C=O) groups is 1. The molecule has 10 heteroatoms. The second kappa shape index (κ2) is 7.41. The van der Waals surface area contributed by atoms with E-state index < -0.39 is 27.7 Å². The van der Waals surface area contributed by atoms with Crippen LogP contribution in [-0.2, 0) is 22.3 Å². The van der Waals surface area contributed by atoms with Gasteiger partial charge in [-0.3, -0.25) is 4.79 Å². The number of halogens is 3. The number of carbonyl (C=O) groups excluding carboxylic acids is 1. The minimum atomic E-state index is -4.68. The summed E-state index contributed by atoms with van der Waals surface area (Å²) in [5.74, 6) is -1.27. The lowest BCUT2D eigenvalue weighted by atomic mass is 9.87. The summed E-state index contributed by atoms with van der Waals surface area (Å²) >= 11 is 0. The third-order valence-electron chi connectivity index (χ3n) is 4.32. The molecule has 1 aliphatic carbocycles. The van der Waals surface area contributed by atoms with Crippen molar-refractivity contribution in [1.82, 2.24) is 10.1 Å². The number of hydrogen-bond acceptors (Lipinski definition) is 5. The van der Waals surface area contributed by atoms with Crippen molar-refractivity contribution in [2.45, 2.75) is 31.9 Å². The summed E-state index contributed by atoms with van der Waals surface area (Å²) in [7, 11) is -2.57. The number of rotatable bonds is 5. The van der Waals surface area contributed by atoms with Gasteiger partial charge in [-0.15, -0.1) is 0 Å². The highest BCUT2D eigenvalue weighted by atomic mass is 32.2. The first-order chi connectivity index (χ1) is 12.6. The molecule has 1 atom stereocenters. The van der Waals surface area contributed by atoms with E-state index in [1.165, 1.54) is 18.4 Å². The SMILES string of the molecule is CS(=O)(CC1CCC1)=NC(=O)c1ccc(Cc2noc(C(F)(F)F)n2)cc1. The van der Waals surface area contributed by atoms with Gasteiger partial charge in [0, 0.05) is 24.0 Å². The van der Waals surface area contributed by atoms with Crippen LogP contribution in [0.5, 0.6) is 0 Å². The summed E-state index contributed by atoms with van der Waals surface area (Å²) in [5, 5.41) is 3.30. The van der Waals surface area contributed by atoms with E-state index in [4.69, 9.17) is 0 Å². The van der Waals surface area contributed by atoms with Crippen molar-refractivity contribution in [3.8, 4) is 0 Å². The molecular weight excluding hydrogens is 383 g/mol. The number of nitrogens with zero attached hydrogens (tertiary/aromatic N) is 3. The van der Waals surface area contributed by atoms with Crippen LogP contribution in [0.4, 0.5) is 13.2 Å². The molecule has 0 radical (unpaired) electrons. The van der Waals surface area contributed by atoms with Crippen LogP contribution in [0.1, 0.15) is 46.9 Å². The van der Waals surface area contributed by atoms with E-state index in [9.17, 15) is 22.2 Å². The van der Waals surface area contributed by atoms with Gasteiger partial charge in [0.25, 0.3) is 5.91 Å². The van der Waals surface area contributed by atoms with Crippen LogP contribution < -0.4 is 0 Å². The Labute approximate surface area is 154 Å². The molecule has 1 unspecified atom stereocenters. The zero-order valence-corrected chi connectivity index (χ0v) is 15.3. The molecule has 27 heavy (non-hydrogen) atoms. The van der Waals surface area contributed by atoms with Crippen LogP contribution in [0.25, 0.3) is 0 Å². The molecule has 0 bridgehead atoms. The van der Waals surface area contributed by atoms with Crippen molar-refractivity contribution < 1.29 is 26.7 Å². The molecule has 1 aliphatic rings. The molecular formula is C17H18F3N3O3S. The molecule has 1 saturated carbocycles. The molecule has 1 amide bonds. The zero-order valence-electron chi connectivity index (χ0n) is 14.5. The van der Waals surface area contributed by atoms with Crippen molar-refractivity contribution in [2.24, 2.45) is 10.3 Å². The normalized spacial score (nSPS) is 17.2. The zero-order chi connectivity index (χ0) is 19.7. The maximum atomic E-state index is 12.5. The lowest BCUT2D eigenvalue weighted by Gasteiger charge is -2.25. The average Bonchev–Trinajstić information content (AvgIpc) is 3.00. The fourth-order valence-electron chi connectivity index (χ4n) is 2.75. The van der Waals surface area contributed by atoms with E-state index in [0.29, 0.717) is 17.2 Å². The van der Waals surface area contributed by atoms with E-state index in [0.717, 1.165) is 19.3 Å². The predicted molar refractivity (Wildman–Crippen MR) is 91.6 cm³/mol. The molecule has 1 heterocycles. The van der Waals surface area contributed by atoms with Crippen LogP contribution in [0, 0.1) is 5.92 Å². The maximum Gasteiger partial charge on any atom is 0.471 e. The fraction of sp³-hybridized carbons (Fsp3) is 0.471. The lowest BCUT2D eigenvalue weighted by Crippen LogP contribution is -2.21. The minimum absolute atomic E-state index is 0.0252. The first kappa shape index (κ1) is 19.5. The molecule has 0 aliphatic heterocycles. The van der Waals surface area contributed by atoms with E-state index in [2.05, 4.69) is 19.0 Å². The highest BCUT2D eigenvalue weighted by Crippen LogP contribution is 2.28. The first-order valence-electron chi connectivity index (χ1n) is 8.35. The molecule has 1 fully saturated rings. The van der Waals surface area contributed by atoms with Gasteiger partial charge < -0.3 is 4.52 Å². The monoisotopic (exact) mass is 401 g/mol. The van der Waals surface area contributed by atoms with Crippen molar-refractivity contribution in [2.75, 3.05) is 12.0 Å². The van der Waals surface area contributed by atoms with Crippen LogP contribution in [0.3, 0.4) is 0 Å². The Balaban J connectivity index is 1.66. The third kappa shape index (κ3) is 5.15. The third-order valence-corrected chi connectivity index (χ3v) is 5.96. The Morgan fingerprint density at radius 2 is 1.96 bits per heavy atom. The number of hydrogen-bond donors (Lipinski definition) is 0. The molecule has 3 rings (SSSR count). The molecule has 2 aromatic rings. The van der Waals surface area contributed by atoms with Gasteiger partial charge in [-0.05, 0) is 36.5 Å². The number of amides is 1. The Morgan fingerprint density at radius 1 is 1.30 bits per heavy atom. The molecule has 6 nitrogen and oxygen atoms in total. The summed E-state index contributed by atoms with van der Waals surface area (Å²) in [6, 6.07) is 6.11. The van der Waals surface area contributed by atoms with Crippen molar-refractivity contribution in [3.05, 3.63) is 47.1 Å². The molecule has 0 saturated heterocycles. The highest BCUT2D eigenvalue weighted by Gasteiger charge is 2.38. The van der Waals surface area contributed by atoms with Crippen LogP contribution >= 0.6 is 0 Å². The number of aromatic nitrogens is 2. The largest absolute Gasteiger partial charge is 0.471 e. The van der Waals surface area contributed by atoms with Gasteiger partial charge in [0.15, 0.2) is 5.82 Å². The molecule has 1 aromatic carbocycles. The highest BCUT2D eigenvalue weighted by molar-refractivity contribution is 7.93. The van der Waals surface area contributed by atoms with E-state index in [1.807, 2.05) is 0 Å². The van der Waals surface area contributed by atoms with Crippen LogP contribution in [-0.4, -0.2) is 32.3 Å². The molecule has 0 spiro atoms. The summed E-state index contributed by atoms with van der Waals surface area (Å²) in [6.45, 7) is 0. The summed E-state index contributed by atoms with van der Waals surface area (Å²) in [5.41, 5.74) is 0.874. The van der Waals surface area contributed by atoms with Gasteiger partial charge in [-0.25, -0.2) is 4.21 Å². The summed E-state index contributed by atoms with van der Waals surface area (Å²) in [4.78, 5) is 15.5. The Hall–Kier alpha value is -2.23. The minimum Gasteiger partial charge on any atom is -0.329 e. The molecule has 1 aromatic heterocycles. The number of alkyl halides is 3. The van der Waals surface area contributed by atoms with Gasteiger partial charge in [-0.1, -0.05) is 23.7 Å². The van der Waals surface area contributed by atoms with Gasteiger partial charge in [-0.2, -0.15) is 22.5 Å². The Bertz CT molecular complexity index is 940. The fourth-order valence-corrected chi connectivity index (χ4v) is 4.49. The van der Waals surface area contributed by atoms with E-state index >= 15 is 0 Å². The van der Waals surface area contributed by atoms with Crippen molar-refractivity contribution in [3.63, 3.8) is 0 Å². The topological polar surface area (TPSA) is 85.4 Å². The van der Waals surface area contributed by atoms with Gasteiger partial charge in [0.1, 0.15) is 0 Å². The number of benzene rings is 1. The smallest absolute Gasteiger partial charge is 0.329 e. The van der Waals surface area contributed by atoms with Gasteiger partial charge >= 0.3 is 12.1 Å². The second-order valence-corrected chi connectivity index (χ2v) is 9.14. The van der Waals surface area contributed by atoms with Crippen LogP contribution in [0.15, 0.2) is 33.2 Å².